The Morgan fingerprint density at radius 3 is 2.45 bits per heavy atom. The minimum absolute atomic E-state index is 0.0504. The molecule has 114 valence electrons. The molecule has 0 saturated carbocycles. The lowest BCUT2D eigenvalue weighted by Gasteiger charge is -2.22. The van der Waals surface area contributed by atoms with Crippen LogP contribution in [0.2, 0.25) is 5.02 Å². The molecule has 0 bridgehead atoms. The molecule has 1 aromatic heterocycles. The van der Waals surface area contributed by atoms with Gasteiger partial charge in [-0.05, 0) is 43.2 Å². The molecule has 1 aliphatic heterocycles. The van der Waals surface area contributed by atoms with Crippen LogP contribution in [0.25, 0.3) is 0 Å². The Bertz CT molecular complexity index is 763. The Morgan fingerprint density at radius 1 is 1.14 bits per heavy atom. The maximum absolute atomic E-state index is 11.9. The zero-order valence-electron chi connectivity index (χ0n) is 12.9. The fourth-order valence-electron chi connectivity index (χ4n) is 3.09. The fraction of sp³-hybridized carbons (Fsp3) is 0.278. The first kappa shape index (κ1) is 14.9. The molecule has 0 aliphatic carbocycles. The molecule has 0 amide bonds. The van der Waals surface area contributed by atoms with E-state index in [1.165, 1.54) is 5.56 Å². The van der Waals surface area contributed by atoms with E-state index in [-0.39, 0.29) is 17.5 Å². The molecule has 1 aromatic carbocycles. The predicted octanol–water partition coefficient (Wildman–Crippen LogP) is 3.68. The summed E-state index contributed by atoms with van der Waals surface area (Å²) in [5.41, 5.74) is 4.30. The third-order valence-electron chi connectivity index (χ3n) is 4.17. The molecule has 3 rings (SSSR count). The lowest BCUT2D eigenvalue weighted by molar-refractivity contribution is 0.584. The van der Waals surface area contributed by atoms with Crippen LogP contribution in [0, 0.1) is 6.92 Å². The summed E-state index contributed by atoms with van der Waals surface area (Å²) in [6, 6.07) is 10.1. The Kier molecular flexibility index (Phi) is 3.83. The number of hydrogen-bond acceptors (Lipinski definition) is 2. The third-order valence-corrected chi connectivity index (χ3v) is 4.42. The normalized spacial score (nSPS) is 20.6. The highest BCUT2D eigenvalue weighted by Gasteiger charge is 2.28. The van der Waals surface area contributed by atoms with Gasteiger partial charge in [-0.3, -0.25) is 4.79 Å². The number of nitrogens with one attached hydrogen (secondary N) is 1. The molecule has 0 spiro atoms. The quantitative estimate of drug-likeness (QED) is 0.917. The smallest absolute Gasteiger partial charge is 0.253 e. The lowest BCUT2D eigenvalue weighted by atomic mass is 9.89. The van der Waals surface area contributed by atoms with Crippen LogP contribution in [0.3, 0.4) is 0 Å². The van der Waals surface area contributed by atoms with E-state index in [2.05, 4.69) is 30.4 Å². The molecule has 0 radical (unpaired) electrons. The topological polar surface area (TPSA) is 34.0 Å². The molecular weight excluding hydrogens is 296 g/mol. The molecular formula is C18H19ClN2O. The molecule has 3 nitrogen and oxygen atoms in total. The van der Waals surface area contributed by atoms with Crippen molar-refractivity contribution in [2.45, 2.75) is 25.8 Å². The zero-order chi connectivity index (χ0) is 15.9. The highest BCUT2D eigenvalue weighted by atomic mass is 35.5. The van der Waals surface area contributed by atoms with E-state index < -0.39 is 0 Å². The SMILES string of the molecule is CC1=CC(c2ccc(Cl)cc2)C(c2cc(C)c(=O)n(C)c2)N1. The van der Waals surface area contributed by atoms with Gasteiger partial charge in [0.2, 0.25) is 0 Å². The van der Waals surface area contributed by atoms with Gasteiger partial charge in [0.25, 0.3) is 5.56 Å². The number of rotatable bonds is 2. The fourth-order valence-corrected chi connectivity index (χ4v) is 3.22. The number of aryl methyl sites for hydroxylation is 2. The Morgan fingerprint density at radius 2 is 1.82 bits per heavy atom. The minimum atomic E-state index is 0.0504. The van der Waals surface area contributed by atoms with Crippen LogP contribution < -0.4 is 10.9 Å². The summed E-state index contributed by atoms with van der Waals surface area (Å²) in [6.07, 6.45) is 4.15. The summed E-state index contributed by atoms with van der Waals surface area (Å²) in [5, 5.41) is 4.26. The molecule has 4 heteroatoms. The predicted molar refractivity (Wildman–Crippen MR) is 90.2 cm³/mol. The highest BCUT2D eigenvalue weighted by molar-refractivity contribution is 6.30. The molecule has 2 aromatic rings. The van der Waals surface area contributed by atoms with Gasteiger partial charge in [-0.2, -0.15) is 0 Å². The summed E-state index contributed by atoms with van der Waals surface area (Å²) in [7, 11) is 1.80. The average molecular weight is 315 g/mol. The van der Waals surface area contributed by atoms with E-state index in [0.29, 0.717) is 0 Å². The van der Waals surface area contributed by atoms with Gasteiger partial charge in [0.15, 0.2) is 0 Å². The van der Waals surface area contributed by atoms with Crippen molar-refractivity contribution < 1.29 is 0 Å². The molecule has 22 heavy (non-hydrogen) atoms. The molecule has 2 unspecified atom stereocenters. The number of hydrogen-bond donors (Lipinski definition) is 1. The zero-order valence-corrected chi connectivity index (χ0v) is 13.7. The number of halogens is 1. The summed E-state index contributed by atoms with van der Waals surface area (Å²) in [5.74, 6) is 0.231. The third kappa shape index (κ3) is 2.69. The van der Waals surface area contributed by atoms with Crippen molar-refractivity contribution in [3.05, 3.63) is 80.4 Å². The molecule has 1 N–H and O–H groups in total. The number of pyridine rings is 1. The number of allylic oxidation sites excluding steroid dienone is 1. The van der Waals surface area contributed by atoms with Crippen molar-refractivity contribution in [2.75, 3.05) is 0 Å². The highest BCUT2D eigenvalue weighted by Crippen LogP contribution is 2.38. The van der Waals surface area contributed by atoms with E-state index in [0.717, 1.165) is 21.8 Å². The van der Waals surface area contributed by atoms with Gasteiger partial charge < -0.3 is 9.88 Å². The van der Waals surface area contributed by atoms with Gasteiger partial charge in [-0.15, -0.1) is 0 Å². The van der Waals surface area contributed by atoms with Crippen molar-refractivity contribution in [1.29, 1.82) is 0 Å². The van der Waals surface area contributed by atoms with Crippen molar-refractivity contribution in [2.24, 2.45) is 7.05 Å². The van der Waals surface area contributed by atoms with Gasteiger partial charge in [0.1, 0.15) is 0 Å². The summed E-state index contributed by atoms with van der Waals surface area (Å²) in [6.45, 7) is 3.93. The van der Waals surface area contributed by atoms with Gasteiger partial charge in [-0.25, -0.2) is 0 Å². The van der Waals surface area contributed by atoms with Crippen LogP contribution in [0.4, 0.5) is 0 Å². The second kappa shape index (κ2) is 5.65. The first-order valence-electron chi connectivity index (χ1n) is 7.33. The average Bonchev–Trinajstić information content (AvgIpc) is 2.87. The monoisotopic (exact) mass is 314 g/mol. The molecule has 1 aliphatic rings. The largest absolute Gasteiger partial charge is 0.381 e. The second-order valence-corrected chi connectivity index (χ2v) is 6.36. The molecule has 2 atom stereocenters. The van der Waals surface area contributed by atoms with E-state index in [1.807, 2.05) is 31.3 Å². The van der Waals surface area contributed by atoms with Crippen molar-refractivity contribution >= 4 is 11.6 Å². The minimum Gasteiger partial charge on any atom is -0.381 e. The lowest BCUT2D eigenvalue weighted by Crippen LogP contribution is -2.24. The van der Waals surface area contributed by atoms with Gasteiger partial charge in [0.05, 0.1) is 6.04 Å². The Labute approximate surface area is 135 Å². The standard InChI is InChI=1S/C18H19ClN2O/c1-11-8-14(10-21(3)18(11)22)17-16(9-12(2)20-17)13-4-6-15(19)7-5-13/h4-10,16-17,20H,1-3H3. The van der Waals surface area contributed by atoms with Crippen molar-refractivity contribution in [3.63, 3.8) is 0 Å². The Balaban J connectivity index is 2.03. The number of aromatic nitrogens is 1. The van der Waals surface area contributed by atoms with E-state index in [9.17, 15) is 4.79 Å². The molecule has 0 fully saturated rings. The molecule has 2 heterocycles. The van der Waals surface area contributed by atoms with Crippen LogP contribution in [-0.4, -0.2) is 4.57 Å². The van der Waals surface area contributed by atoms with Gasteiger partial charge in [0, 0.05) is 35.4 Å². The van der Waals surface area contributed by atoms with Crippen LogP contribution in [-0.2, 0) is 7.05 Å². The van der Waals surface area contributed by atoms with Crippen molar-refractivity contribution in [1.82, 2.24) is 9.88 Å². The number of nitrogens with zero attached hydrogens (tertiary/aromatic N) is 1. The maximum atomic E-state index is 11.9. The van der Waals surface area contributed by atoms with E-state index >= 15 is 0 Å². The van der Waals surface area contributed by atoms with Crippen molar-refractivity contribution in [3.8, 4) is 0 Å². The van der Waals surface area contributed by atoms with Crippen LogP contribution in [0.5, 0.6) is 0 Å². The van der Waals surface area contributed by atoms with Gasteiger partial charge in [-0.1, -0.05) is 29.8 Å². The second-order valence-electron chi connectivity index (χ2n) is 5.92. The Hall–Kier alpha value is -2.00. The van der Waals surface area contributed by atoms with Gasteiger partial charge >= 0.3 is 0 Å². The van der Waals surface area contributed by atoms with E-state index in [4.69, 9.17) is 11.6 Å². The van der Waals surface area contributed by atoms with Crippen LogP contribution in [0.15, 0.2) is 53.1 Å². The molecule has 0 saturated heterocycles. The van der Waals surface area contributed by atoms with E-state index in [1.54, 1.807) is 11.6 Å². The van der Waals surface area contributed by atoms with Crippen LogP contribution in [0.1, 0.15) is 35.6 Å². The summed E-state index contributed by atoms with van der Waals surface area (Å²) in [4.78, 5) is 11.9. The van der Waals surface area contributed by atoms with Crippen LogP contribution >= 0.6 is 11.6 Å². The summed E-state index contributed by atoms with van der Waals surface area (Å²) >= 11 is 5.99. The first-order chi connectivity index (χ1) is 10.5. The summed E-state index contributed by atoms with van der Waals surface area (Å²) < 4.78 is 1.65. The first-order valence-corrected chi connectivity index (χ1v) is 7.71. The maximum Gasteiger partial charge on any atom is 0.253 e. The number of benzene rings is 1.